The summed E-state index contributed by atoms with van der Waals surface area (Å²) in [6.07, 6.45) is 7.44. The molecule has 108 valence electrons. The third kappa shape index (κ3) is 2.25. The van der Waals surface area contributed by atoms with E-state index in [2.05, 4.69) is 10.2 Å². The third-order valence-electron chi connectivity index (χ3n) is 3.55. The fourth-order valence-electron chi connectivity index (χ4n) is 2.46. The zero-order chi connectivity index (χ0) is 14.3. The van der Waals surface area contributed by atoms with Crippen LogP contribution in [-0.2, 0) is 17.1 Å². The van der Waals surface area contributed by atoms with Gasteiger partial charge in [-0.3, -0.25) is 9.36 Å². The van der Waals surface area contributed by atoms with Gasteiger partial charge in [-0.05, 0) is 18.9 Å². The molecule has 1 aliphatic rings. The Balaban J connectivity index is 1.80. The van der Waals surface area contributed by atoms with Gasteiger partial charge in [-0.2, -0.15) is 14.5 Å². The van der Waals surface area contributed by atoms with Gasteiger partial charge in [0.15, 0.2) is 0 Å². The largest absolute Gasteiger partial charge is 0.274 e. The lowest BCUT2D eigenvalue weighted by Gasteiger charge is -2.15. The van der Waals surface area contributed by atoms with Crippen molar-refractivity contribution in [3.8, 4) is 0 Å². The molecule has 0 amide bonds. The number of sulfonamides is 1. The minimum atomic E-state index is -3.44. The van der Waals surface area contributed by atoms with Crippen LogP contribution in [0.25, 0.3) is 0 Å². The molecule has 1 atom stereocenters. The van der Waals surface area contributed by atoms with Crippen molar-refractivity contribution in [1.29, 1.82) is 0 Å². The highest BCUT2D eigenvalue weighted by Crippen LogP contribution is 2.26. The van der Waals surface area contributed by atoms with Crippen LogP contribution in [0.1, 0.15) is 18.0 Å². The van der Waals surface area contributed by atoms with Crippen LogP contribution in [0.15, 0.2) is 29.7 Å². The quantitative estimate of drug-likeness (QED) is 0.829. The van der Waals surface area contributed by atoms with E-state index in [1.807, 2.05) is 17.8 Å². The third-order valence-corrected chi connectivity index (χ3v) is 5.37. The molecule has 8 heteroatoms. The average Bonchev–Trinajstić information content (AvgIpc) is 3.07. The molecule has 3 rings (SSSR count). The summed E-state index contributed by atoms with van der Waals surface area (Å²) < 4.78 is 29.8. The van der Waals surface area contributed by atoms with E-state index in [0.29, 0.717) is 13.1 Å². The van der Waals surface area contributed by atoms with Crippen LogP contribution in [0.5, 0.6) is 0 Å². The van der Waals surface area contributed by atoms with Gasteiger partial charge < -0.3 is 0 Å². The summed E-state index contributed by atoms with van der Waals surface area (Å²) in [5.74, 6) is 0. The molecule has 7 nitrogen and oxygen atoms in total. The zero-order valence-electron chi connectivity index (χ0n) is 11.5. The van der Waals surface area contributed by atoms with E-state index in [0.717, 1.165) is 12.0 Å². The number of hydrogen-bond donors (Lipinski definition) is 0. The highest BCUT2D eigenvalue weighted by molar-refractivity contribution is 7.89. The number of rotatable bonds is 3. The van der Waals surface area contributed by atoms with E-state index in [9.17, 15) is 8.42 Å². The Bertz CT molecular complexity index is 718. The Morgan fingerprint density at radius 3 is 2.65 bits per heavy atom. The number of aryl methyl sites for hydroxylation is 2. The Morgan fingerprint density at radius 2 is 2.05 bits per heavy atom. The van der Waals surface area contributed by atoms with E-state index in [1.54, 1.807) is 13.2 Å². The van der Waals surface area contributed by atoms with E-state index in [1.165, 1.54) is 21.4 Å². The molecule has 20 heavy (non-hydrogen) atoms. The van der Waals surface area contributed by atoms with Crippen molar-refractivity contribution in [2.24, 2.45) is 7.05 Å². The van der Waals surface area contributed by atoms with Gasteiger partial charge in [0.05, 0.1) is 18.4 Å². The monoisotopic (exact) mass is 295 g/mol. The minimum Gasteiger partial charge on any atom is -0.274 e. The van der Waals surface area contributed by atoms with E-state index < -0.39 is 10.0 Å². The second kappa shape index (κ2) is 4.71. The number of hydrogen-bond acceptors (Lipinski definition) is 4. The summed E-state index contributed by atoms with van der Waals surface area (Å²) in [7, 11) is -1.74. The van der Waals surface area contributed by atoms with Crippen molar-refractivity contribution in [3.05, 3.63) is 30.4 Å². The second-order valence-corrected chi connectivity index (χ2v) is 7.09. The zero-order valence-corrected chi connectivity index (χ0v) is 12.3. The van der Waals surface area contributed by atoms with Gasteiger partial charge in [0.25, 0.3) is 0 Å². The summed E-state index contributed by atoms with van der Waals surface area (Å²) in [5.41, 5.74) is 1.08. The molecule has 0 aliphatic carbocycles. The van der Waals surface area contributed by atoms with Crippen LogP contribution in [0, 0.1) is 6.92 Å². The molecule has 2 aromatic heterocycles. The molecule has 0 N–H and O–H groups in total. The maximum atomic E-state index is 12.5. The smallest absolute Gasteiger partial charge is 0.246 e. The Kier molecular flexibility index (Phi) is 3.14. The highest BCUT2D eigenvalue weighted by Gasteiger charge is 2.34. The Hall–Kier alpha value is -1.67. The van der Waals surface area contributed by atoms with Crippen molar-refractivity contribution in [2.75, 3.05) is 13.1 Å². The van der Waals surface area contributed by atoms with Crippen LogP contribution in [0.2, 0.25) is 0 Å². The number of nitrogens with zero attached hydrogens (tertiary/aromatic N) is 5. The van der Waals surface area contributed by atoms with E-state index in [4.69, 9.17) is 0 Å². The lowest BCUT2D eigenvalue weighted by atomic mass is 10.3. The molecule has 1 fully saturated rings. The average molecular weight is 295 g/mol. The Morgan fingerprint density at radius 1 is 1.25 bits per heavy atom. The predicted octanol–water partition coefficient (Wildman–Crippen LogP) is 0.561. The fourth-order valence-corrected chi connectivity index (χ4v) is 3.94. The predicted molar refractivity (Wildman–Crippen MR) is 72.6 cm³/mol. The number of aromatic nitrogens is 4. The molecular formula is C12H17N5O2S. The van der Waals surface area contributed by atoms with E-state index in [-0.39, 0.29) is 10.9 Å². The van der Waals surface area contributed by atoms with Crippen molar-refractivity contribution in [2.45, 2.75) is 24.3 Å². The Labute approximate surface area is 117 Å². The van der Waals surface area contributed by atoms with Gasteiger partial charge in [-0.25, -0.2) is 8.42 Å². The van der Waals surface area contributed by atoms with Gasteiger partial charge in [0.2, 0.25) is 10.0 Å². The van der Waals surface area contributed by atoms with Gasteiger partial charge in [0.1, 0.15) is 4.90 Å². The van der Waals surface area contributed by atoms with Gasteiger partial charge in [-0.15, -0.1) is 0 Å². The lowest BCUT2D eigenvalue weighted by Crippen LogP contribution is -2.29. The maximum absolute atomic E-state index is 12.5. The van der Waals surface area contributed by atoms with Crippen LogP contribution in [0.4, 0.5) is 0 Å². The summed E-state index contributed by atoms with van der Waals surface area (Å²) in [6.45, 7) is 2.95. The first kappa shape index (κ1) is 13.3. The maximum Gasteiger partial charge on any atom is 0.246 e. The SMILES string of the molecule is Cc1cnn(C2CCN(S(=O)(=O)c3cnn(C)c3)C2)c1. The molecule has 0 bridgehead atoms. The normalized spacial score (nSPS) is 20.6. The summed E-state index contributed by atoms with van der Waals surface area (Å²) in [4.78, 5) is 0.247. The first-order chi connectivity index (χ1) is 9.46. The van der Waals surface area contributed by atoms with Crippen LogP contribution in [0.3, 0.4) is 0 Å². The summed E-state index contributed by atoms with van der Waals surface area (Å²) in [5, 5.41) is 8.20. The molecular weight excluding hydrogens is 278 g/mol. The second-order valence-electron chi connectivity index (χ2n) is 5.15. The van der Waals surface area contributed by atoms with Crippen LogP contribution >= 0.6 is 0 Å². The first-order valence-corrected chi connectivity index (χ1v) is 7.90. The lowest BCUT2D eigenvalue weighted by molar-refractivity contribution is 0.434. The van der Waals surface area contributed by atoms with Gasteiger partial charge in [0, 0.05) is 32.5 Å². The molecule has 0 aromatic carbocycles. The molecule has 1 aliphatic heterocycles. The van der Waals surface area contributed by atoms with Crippen LogP contribution in [-0.4, -0.2) is 45.4 Å². The molecule has 0 spiro atoms. The highest BCUT2D eigenvalue weighted by atomic mass is 32.2. The molecule has 2 aromatic rings. The molecule has 0 radical (unpaired) electrons. The fraction of sp³-hybridized carbons (Fsp3) is 0.500. The molecule has 1 unspecified atom stereocenters. The topological polar surface area (TPSA) is 73.0 Å². The first-order valence-electron chi connectivity index (χ1n) is 6.46. The standard InChI is InChI=1S/C12H17N5O2S/c1-10-5-14-17(7-10)11-3-4-16(8-11)20(18,19)12-6-13-15(2)9-12/h5-7,9,11H,3-4,8H2,1-2H3. The molecule has 1 saturated heterocycles. The van der Waals surface area contributed by atoms with Gasteiger partial charge >= 0.3 is 0 Å². The van der Waals surface area contributed by atoms with Gasteiger partial charge in [-0.1, -0.05) is 0 Å². The van der Waals surface area contributed by atoms with Crippen molar-refractivity contribution in [1.82, 2.24) is 23.9 Å². The molecule has 0 saturated carbocycles. The van der Waals surface area contributed by atoms with Crippen molar-refractivity contribution >= 4 is 10.0 Å². The summed E-state index contributed by atoms with van der Waals surface area (Å²) in [6, 6.07) is 0.107. The van der Waals surface area contributed by atoms with Crippen molar-refractivity contribution < 1.29 is 8.42 Å². The van der Waals surface area contributed by atoms with Crippen LogP contribution < -0.4 is 0 Å². The molecule has 3 heterocycles. The van der Waals surface area contributed by atoms with E-state index >= 15 is 0 Å². The van der Waals surface area contributed by atoms with Crippen molar-refractivity contribution in [3.63, 3.8) is 0 Å². The minimum absolute atomic E-state index is 0.107. The summed E-state index contributed by atoms with van der Waals surface area (Å²) >= 11 is 0.